The van der Waals surface area contributed by atoms with E-state index in [2.05, 4.69) is 9.88 Å². The van der Waals surface area contributed by atoms with Gasteiger partial charge in [0.15, 0.2) is 5.58 Å². The summed E-state index contributed by atoms with van der Waals surface area (Å²) in [5.74, 6) is 1.50. The molecule has 0 bridgehead atoms. The van der Waals surface area contributed by atoms with E-state index in [4.69, 9.17) is 14.9 Å². The van der Waals surface area contributed by atoms with Crippen LogP contribution in [-0.2, 0) is 6.54 Å². The molecule has 0 radical (unpaired) electrons. The van der Waals surface area contributed by atoms with Crippen molar-refractivity contribution >= 4 is 22.5 Å². The van der Waals surface area contributed by atoms with Gasteiger partial charge in [-0.3, -0.25) is 0 Å². The SMILES string of the molecule is COc1ccc(N(C)Cc2nc3ccc(N)cc3o2)cc1. The van der Waals surface area contributed by atoms with Gasteiger partial charge in [0.2, 0.25) is 5.89 Å². The molecule has 0 unspecified atom stereocenters. The summed E-state index contributed by atoms with van der Waals surface area (Å²) < 4.78 is 10.9. The highest BCUT2D eigenvalue weighted by atomic mass is 16.5. The molecule has 5 heteroatoms. The lowest BCUT2D eigenvalue weighted by Gasteiger charge is -2.17. The molecule has 2 N–H and O–H groups in total. The number of hydrogen-bond donors (Lipinski definition) is 1. The average Bonchev–Trinajstić information content (AvgIpc) is 2.88. The Bertz CT molecular complexity index is 750. The maximum Gasteiger partial charge on any atom is 0.215 e. The zero-order valence-electron chi connectivity index (χ0n) is 12.0. The summed E-state index contributed by atoms with van der Waals surface area (Å²) in [6.07, 6.45) is 0. The summed E-state index contributed by atoms with van der Waals surface area (Å²) >= 11 is 0. The number of nitrogen functional groups attached to an aromatic ring is 1. The van der Waals surface area contributed by atoms with Crippen molar-refractivity contribution in [1.82, 2.24) is 4.98 Å². The third kappa shape index (κ3) is 2.76. The lowest BCUT2D eigenvalue weighted by atomic mass is 10.3. The van der Waals surface area contributed by atoms with Crippen molar-refractivity contribution in [2.75, 3.05) is 24.8 Å². The summed E-state index contributed by atoms with van der Waals surface area (Å²) in [4.78, 5) is 6.53. The highest BCUT2D eigenvalue weighted by molar-refractivity contribution is 5.76. The number of nitrogens with two attached hydrogens (primary N) is 1. The van der Waals surface area contributed by atoms with Gasteiger partial charge in [0.25, 0.3) is 0 Å². The summed E-state index contributed by atoms with van der Waals surface area (Å²) in [6.45, 7) is 0.584. The Morgan fingerprint density at radius 2 is 1.95 bits per heavy atom. The third-order valence-corrected chi connectivity index (χ3v) is 3.34. The molecule has 0 fully saturated rings. The first kappa shape index (κ1) is 13.3. The standard InChI is InChI=1S/C16H17N3O2/c1-19(12-4-6-13(20-2)7-5-12)10-16-18-14-8-3-11(17)9-15(14)21-16/h3-9H,10,17H2,1-2H3. The van der Waals surface area contributed by atoms with Crippen molar-refractivity contribution in [3.63, 3.8) is 0 Å². The Kier molecular flexibility index (Phi) is 3.39. The molecule has 0 saturated carbocycles. The summed E-state index contributed by atoms with van der Waals surface area (Å²) in [7, 11) is 3.65. The van der Waals surface area contributed by atoms with Gasteiger partial charge in [0.05, 0.1) is 13.7 Å². The van der Waals surface area contributed by atoms with Crippen LogP contribution in [0.1, 0.15) is 5.89 Å². The van der Waals surface area contributed by atoms with Crippen LogP contribution >= 0.6 is 0 Å². The minimum atomic E-state index is 0.584. The highest BCUT2D eigenvalue weighted by Crippen LogP contribution is 2.22. The van der Waals surface area contributed by atoms with Crippen molar-refractivity contribution in [2.24, 2.45) is 0 Å². The Balaban J connectivity index is 1.79. The fourth-order valence-corrected chi connectivity index (χ4v) is 2.19. The van der Waals surface area contributed by atoms with Gasteiger partial charge in [-0.05, 0) is 36.4 Å². The molecule has 2 aromatic carbocycles. The molecule has 21 heavy (non-hydrogen) atoms. The van der Waals surface area contributed by atoms with Crippen LogP contribution < -0.4 is 15.4 Å². The van der Waals surface area contributed by atoms with E-state index in [0.29, 0.717) is 23.7 Å². The molecular weight excluding hydrogens is 266 g/mol. The van der Waals surface area contributed by atoms with Crippen LogP contribution in [0.3, 0.4) is 0 Å². The molecule has 0 aliphatic heterocycles. The zero-order chi connectivity index (χ0) is 14.8. The van der Waals surface area contributed by atoms with Gasteiger partial charge in [-0.25, -0.2) is 4.98 Å². The van der Waals surface area contributed by atoms with Crippen LogP contribution in [0.25, 0.3) is 11.1 Å². The van der Waals surface area contributed by atoms with Crippen LogP contribution in [0, 0.1) is 0 Å². The molecule has 0 saturated heterocycles. The first-order valence-corrected chi connectivity index (χ1v) is 6.66. The lowest BCUT2D eigenvalue weighted by Crippen LogP contribution is -2.16. The van der Waals surface area contributed by atoms with Crippen LogP contribution in [-0.4, -0.2) is 19.1 Å². The van der Waals surface area contributed by atoms with Crippen molar-refractivity contribution < 1.29 is 9.15 Å². The van der Waals surface area contributed by atoms with E-state index in [-0.39, 0.29) is 0 Å². The number of oxazole rings is 1. The first-order valence-electron chi connectivity index (χ1n) is 6.66. The number of hydrogen-bond acceptors (Lipinski definition) is 5. The molecule has 0 aliphatic carbocycles. The van der Waals surface area contributed by atoms with E-state index in [1.807, 2.05) is 43.4 Å². The van der Waals surface area contributed by atoms with Gasteiger partial charge in [0.1, 0.15) is 11.3 Å². The van der Waals surface area contributed by atoms with E-state index >= 15 is 0 Å². The van der Waals surface area contributed by atoms with E-state index in [1.54, 1.807) is 13.2 Å². The minimum absolute atomic E-state index is 0.584. The largest absolute Gasteiger partial charge is 0.497 e. The maximum atomic E-state index is 5.74. The maximum absolute atomic E-state index is 5.74. The van der Waals surface area contributed by atoms with E-state index in [1.165, 1.54) is 0 Å². The van der Waals surface area contributed by atoms with E-state index < -0.39 is 0 Å². The van der Waals surface area contributed by atoms with Gasteiger partial charge in [-0.2, -0.15) is 0 Å². The normalized spacial score (nSPS) is 10.8. The van der Waals surface area contributed by atoms with Crippen LogP contribution in [0.2, 0.25) is 0 Å². The molecule has 1 aromatic heterocycles. The molecule has 0 aliphatic rings. The van der Waals surface area contributed by atoms with Gasteiger partial charge in [-0.1, -0.05) is 0 Å². The molecule has 108 valence electrons. The Labute approximate surface area is 122 Å². The van der Waals surface area contributed by atoms with E-state index in [9.17, 15) is 0 Å². The topological polar surface area (TPSA) is 64.5 Å². The number of aromatic nitrogens is 1. The summed E-state index contributed by atoms with van der Waals surface area (Å²) in [5, 5.41) is 0. The van der Waals surface area contributed by atoms with Gasteiger partial charge >= 0.3 is 0 Å². The number of nitrogens with zero attached hydrogens (tertiary/aromatic N) is 2. The Morgan fingerprint density at radius 3 is 2.67 bits per heavy atom. The lowest BCUT2D eigenvalue weighted by molar-refractivity contribution is 0.415. The quantitative estimate of drug-likeness (QED) is 0.745. The molecule has 0 amide bonds. The summed E-state index contributed by atoms with van der Waals surface area (Å²) in [5.41, 5.74) is 9.02. The van der Waals surface area contributed by atoms with Crippen LogP contribution in [0.5, 0.6) is 5.75 Å². The number of rotatable bonds is 4. The smallest absolute Gasteiger partial charge is 0.215 e. The fourth-order valence-electron chi connectivity index (χ4n) is 2.19. The first-order chi connectivity index (χ1) is 10.2. The highest BCUT2D eigenvalue weighted by Gasteiger charge is 2.09. The number of benzene rings is 2. The summed E-state index contributed by atoms with van der Waals surface area (Å²) in [6, 6.07) is 13.3. The third-order valence-electron chi connectivity index (χ3n) is 3.34. The molecule has 5 nitrogen and oxygen atoms in total. The molecule has 3 aromatic rings. The Morgan fingerprint density at radius 1 is 1.19 bits per heavy atom. The molecule has 0 atom stereocenters. The fraction of sp³-hybridized carbons (Fsp3) is 0.188. The van der Waals surface area contributed by atoms with Crippen molar-refractivity contribution in [1.29, 1.82) is 0 Å². The second kappa shape index (κ2) is 5.36. The number of anilines is 2. The number of methoxy groups -OCH3 is 1. The van der Waals surface area contributed by atoms with Gasteiger partial charge in [-0.15, -0.1) is 0 Å². The van der Waals surface area contributed by atoms with Crippen LogP contribution in [0.15, 0.2) is 46.9 Å². The minimum Gasteiger partial charge on any atom is -0.497 e. The van der Waals surface area contributed by atoms with Crippen LogP contribution in [0.4, 0.5) is 11.4 Å². The predicted molar refractivity (Wildman–Crippen MR) is 83.5 cm³/mol. The zero-order valence-corrected chi connectivity index (χ0v) is 12.0. The number of fused-ring (bicyclic) bond motifs is 1. The van der Waals surface area contributed by atoms with Crippen molar-refractivity contribution in [2.45, 2.75) is 6.54 Å². The Hall–Kier alpha value is -2.69. The second-order valence-corrected chi connectivity index (χ2v) is 4.89. The molecular formula is C16H17N3O2. The monoisotopic (exact) mass is 283 g/mol. The number of ether oxygens (including phenoxy) is 1. The van der Waals surface area contributed by atoms with Gasteiger partial charge < -0.3 is 19.8 Å². The van der Waals surface area contributed by atoms with Crippen molar-refractivity contribution in [3.8, 4) is 5.75 Å². The molecule has 0 spiro atoms. The predicted octanol–water partition coefficient (Wildman–Crippen LogP) is 3.06. The van der Waals surface area contributed by atoms with E-state index in [0.717, 1.165) is 17.0 Å². The molecule has 1 heterocycles. The molecule has 3 rings (SSSR count). The van der Waals surface area contributed by atoms with Gasteiger partial charge in [0, 0.05) is 24.5 Å². The second-order valence-electron chi connectivity index (χ2n) is 4.89. The average molecular weight is 283 g/mol. The van der Waals surface area contributed by atoms with Crippen molar-refractivity contribution in [3.05, 3.63) is 48.4 Å².